The number of aromatic nitrogens is 3. The van der Waals surface area contributed by atoms with E-state index >= 15 is 0 Å². The Hall–Kier alpha value is -3.82. The second kappa shape index (κ2) is 9.13. The lowest BCUT2D eigenvalue weighted by Crippen LogP contribution is -2.50. The number of carbonyl (C=O) groups excluding carboxylic acids is 1. The Labute approximate surface area is 184 Å². The molecule has 1 fully saturated rings. The van der Waals surface area contributed by atoms with E-state index in [1.54, 1.807) is 11.1 Å². The van der Waals surface area contributed by atoms with Gasteiger partial charge in [0.2, 0.25) is 0 Å². The summed E-state index contributed by atoms with van der Waals surface area (Å²) in [7, 11) is 0. The Morgan fingerprint density at radius 2 is 1.66 bits per heavy atom. The van der Waals surface area contributed by atoms with Gasteiger partial charge in [0.1, 0.15) is 34.9 Å². The zero-order valence-electron chi connectivity index (χ0n) is 17.8. The molecule has 3 heterocycles. The first-order chi connectivity index (χ1) is 15.4. The van der Waals surface area contributed by atoms with Crippen molar-refractivity contribution in [3.05, 3.63) is 65.6 Å². The third-order valence-corrected chi connectivity index (χ3v) is 5.00. The Morgan fingerprint density at radius 3 is 2.34 bits per heavy atom. The number of piperazine rings is 1. The van der Waals surface area contributed by atoms with Crippen molar-refractivity contribution < 1.29 is 13.6 Å². The van der Waals surface area contributed by atoms with E-state index in [0.717, 1.165) is 29.6 Å². The number of hydrogen-bond acceptors (Lipinski definition) is 6. The Bertz CT molecular complexity index is 1110. The van der Waals surface area contributed by atoms with Crippen LogP contribution in [0.15, 0.2) is 42.6 Å². The minimum Gasteiger partial charge on any atom is -0.353 e. The fourth-order valence-corrected chi connectivity index (χ4v) is 3.48. The van der Waals surface area contributed by atoms with Gasteiger partial charge in [0.05, 0.1) is 0 Å². The fourth-order valence-electron chi connectivity index (χ4n) is 3.48. The maximum atomic E-state index is 13.3. The van der Waals surface area contributed by atoms with Crippen molar-refractivity contribution in [1.29, 1.82) is 0 Å². The van der Waals surface area contributed by atoms with Gasteiger partial charge in [0, 0.05) is 50.2 Å². The molecule has 0 bridgehead atoms. The smallest absolute Gasteiger partial charge is 0.321 e. The SMILES string of the molecule is Cc1ccnc(Nc2cc(N3CCN(C(=O)Nc4cc(F)cc(F)c4)CC3)nc(C)n2)c1. The maximum absolute atomic E-state index is 13.3. The number of pyridine rings is 1. The van der Waals surface area contributed by atoms with E-state index in [1.165, 1.54) is 0 Å². The molecular formula is C22H23F2N7O. The van der Waals surface area contributed by atoms with Crippen LogP contribution in [0.25, 0.3) is 0 Å². The molecule has 1 aliphatic rings. The Morgan fingerprint density at radius 1 is 0.938 bits per heavy atom. The zero-order valence-corrected chi connectivity index (χ0v) is 17.8. The second-order valence-corrected chi connectivity index (χ2v) is 7.56. The first kappa shape index (κ1) is 21.4. The van der Waals surface area contributed by atoms with Gasteiger partial charge in [-0.15, -0.1) is 0 Å². The summed E-state index contributed by atoms with van der Waals surface area (Å²) in [6.07, 6.45) is 1.73. The molecule has 0 aliphatic carbocycles. The van der Waals surface area contributed by atoms with Crippen LogP contribution in [0.3, 0.4) is 0 Å². The first-order valence-corrected chi connectivity index (χ1v) is 10.2. The molecule has 2 aromatic heterocycles. The molecule has 1 aromatic carbocycles. The highest BCUT2D eigenvalue weighted by atomic mass is 19.1. The number of aryl methyl sites for hydroxylation is 2. The summed E-state index contributed by atoms with van der Waals surface area (Å²) in [5.41, 5.74) is 1.17. The third kappa shape index (κ3) is 5.26. The summed E-state index contributed by atoms with van der Waals surface area (Å²) >= 11 is 0. The average molecular weight is 439 g/mol. The highest BCUT2D eigenvalue weighted by Gasteiger charge is 2.23. The molecule has 0 atom stereocenters. The summed E-state index contributed by atoms with van der Waals surface area (Å²) in [5, 5.41) is 5.75. The zero-order chi connectivity index (χ0) is 22.7. The van der Waals surface area contributed by atoms with Crippen LogP contribution in [-0.4, -0.2) is 52.1 Å². The molecular weight excluding hydrogens is 416 g/mol. The molecule has 0 unspecified atom stereocenters. The number of nitrogens with one attached hydrogen (secondary N) is 2. The van der Waals surface area contributed by atoms with Crippen LogP contribution in [0.5, 0.6) is 0 Å². The summed E-state index contributed by atoms with van der Waals surface area (Å²) < 4.78 is 26.7. The summed E-state index contributed by atoms with van der Waals surface area (Å²) in [6, 6.07) is 8.22. The number of amides is 2. The van der Waals surface area contributed by atoms with Crippen LogP contribution in [0.1, 0.15) is 11.4 Å². The van der Waals surface area contributed by atoms with E-state index in [2.05, 4.69) is 30.5 Å². The van der Waals surface area contributed by atoms with Crippen LogP contribution < -0.4 is 15.5 Å². The standard InChI is InChI=1S/C22H23F2N7O/c1-14-3-4-25-19(9-14)29-20-13-21(27-15(2)26-20)30-5-7-31(8-6-30)22(32)28-18-11-16(23)10-17(24)12-18/h3-4,9-13H,5-8H2,1-2H3,(H,28,32)(H,25,26,27,29). The van der Waals surface area contributed by atoms with Crippen molar-refractivity contribution in [3.8, 4) is 0 Å². The molecule has 4 rings (SSSR count). The normalized spacial score (nSPS) is 13.8. The number of benzene rings is 1. The molecule has 2 N–H and O–H groups in total. The van der Waals surface area contributed by atoms with Crippen LogP contribution >= 0.6 is 0 Å². The molecule has 10 heteroatoms. The molecule has 3 aromatic rings. The molecule has 0 spiro atoms. The van der Waals surface area contributed by atoms with Gasteiger partial charge in [0.15, 0.2) is 0 Å². The van der Waals surface area contributed by atoms with E-state index in [-0.39, 0.29) is 5.69 Å². The van der Waals surface area contributed by atoms with Crippen molar-refractivity contribution >= 4 is 29.2 Å². The Kier molecular flexibility index (Phi) is 6.11. The predicted octanol–water partition coefficient (Wildman–Crippen LogP) is 3.86. The topological polar surface area (TPSA) is 86.3 Å². The van der Waals surface area contributed by atoms with E-state index in [9.17, 15) is 13.6 Å². The predicted molar refractivity (Wildman–Crippen MR) is 118 cm³/mol. The molecule has 1 saturated heterocycles. The van der Waals surface area contributed by atoms with Crippen molar-refractivity contribution in [1.82, 2.24) is 19.9 Å². The highest BCUT2D eigenvalue weighted by Crippen LogP contribution is 2.21. The number of anilines is 4. The lowest BCUT2D eigenvalue weighted by atomic mass is 10.3. The molecule has 0 radical (unpaired) electrons. The van der Waals surface area contributed by atoms with Crippen molar-refractivity contribution in [2.75, 3.05) is 41.7 Å². The van der Waals surface area contributed by atoms with Gasteiger partial charge in [0.25, 0.3) is 0 Å². The molecule has 8 nitrogen and oxygen atoms in total. The number of urea groups is 1. The second-order valence-electron chi connectivity index (χ2n) is 7.56. The van der Waals surface area contributed by atoms with Crippen molar-refractivity contribution in [3.63, 3.8) is 0 Å². The maximum Gasteiger partial charge on any atom is 0.321 e. The third-order valence-electron chi connectivity index (χ3n) is 5.00. The molecule has 32 heavy (non-hydrogen) atoms. The number of hydrogen-bond donors (Lipinski definition) is 2. The lowest BCUT2D eigenvalue weighted by Gasteiger charge is -2.35. The fraction of sp³-hybridized carbons (Fsp3) is 0.273. The van der Waals surface area contributed by atoms with E-state index in [4.69, 9.17) is 0 Å². The highest BCUT2D eigenvalue weighted by molar-refractivity contribution is 5.89. The number of halogens is 2. The molecule has 2 amide bonds. The van der Waals surface area contributed by atoms with Crippen molar-refractivity contribution in [2.24, 2.45) is 0 Å². The van der Waals surface area contributed by atoms with E-state index < -0.39 is 17.7 Å². The monoisotopic (exact) mass is 439 g/mol. The van der Waals surface area contributed by atoms with Gasteiger partial charge in [-0.1, -0.05) is 0 Å². The lowest BCUT2D eigenvalue weighted by molar-refractivity contribution is 0.208. The first-order valence-electron chi connectivity index (χ1n) is 10.2. The van der Waals surface area contributed by atoms with Gasteiger partial charge in [-0.25, -0.2) is 28.5 Å². The largest absolute Gasteiger partial charge is 0.353 e. The molecule has 1 aliphatic heterocycles. The summed E-state index contributed by atoms with van der Waals surface area (Å²) in [5.74, 6) is 1.22. The van der Waals surface area contributed by atoms with Gasteiger partial charge in [-0.3, -0.25) is 0 Å². The molecule has 166 valence electrons. The quantitative estimate of drug-likeness (QED) is 0.642. The van der Waals surface area contributed by atoms with Crippen LogP contribution in [-0.2, 0) is 0 Å². The summed E-state index contributed by atoms with van der Waals surface area (Å²) in [6.45, 7) is 5.81. The summed E-state index contributed by atoms with van der Waals surface area (Å²) in [4.78, 5) is 29.4. The van der Waals surface area contributed by atoms with Crippen LogP contribution in [0, 0.1) is 25.5 Å². The molecule has 0 saturated carbocycles. The average Bonchev–Trinajstić information content (AvgIpc) is 2.73. The minimum atomic E-state index is -0.741. The van der Waals surface area contributed by atoms with Gasteiger partial charge >= 0.3 is 6.03 Å². The van der Waals surface area contributed by atoms with E-state index in [1.807, 2.05) is 32.0 Å². The van der Waals surface area contributed by atoms with Gasteiger partial charge in [-0.05, 0) is 43.7 Å². The minimum absolute atomic E-state index is 0.0850. The van der Waals surface area contributed by atoms with Crippen molar-refractivity contribution in [2.45, 2.75) is 13.8 Å². The number of rotatable bonds is 4. The van der Waals surface area contributed by atoms with Gasteiger partial charge < -0.3 is 20.4 Å². The number of nitrogens with zero attached hydrogens (tertiary/aromatic N) is 5. The van der Waals surface area contributed by atoms with Crippen LogP contribution in [0.2, 0.25) is 0 Å². The van der Waals surface area contributed by atoms with Gasteiger partial charge in [-0.2, -0.15) is 0 Å². The van der Waals surface area contributed by atoms with Crippen LogP contribution in [0.4, 0.5) is 36.7 Å². The number of carbonyl (C=O) groups is 1. The van der Waals surface area contributed by atoms with E-state index in [0.29, 0.717) is 43.6 Å². The Balaban J connectivity index is 1.39.